The highest BCUT2D eigenvalue weighted by atomic mass is 16.5. The normalized spacial score (nSPS) is 26.7. The van der Waals surface area contributed by atoms with Gasteiger partial charge in [0.25, 0.3) is 0 Å². The number of rotatable bonds is 5. The summed E-state index contributed by atoms with van der Waals surface area (Å²) in [5, 5.41) is 2.85. The van der Waals surface area contributed by atoms with Gasteiger partial charge in [-0.2, -0.15) is 0 Å². The van der Waals surface area contributed by atoms with Gasteiger partial charge < -0.3 is 10.1 Å². The first-order valence-corrected chi connectivity index (χ1v) is 6.09. The molecule has 0 radical (unpaired) electrons. The quantitative estimate of drug-likeness (QED) is 0.705. The van der Waals surface area contributed by atoms with E-state index in [-0.39, 0.29) is 5.91 Å². The summed E-state index contributed by atoms with van der Waals surface area (Å²) in [7, 11) is 1.64. The SMILES string of the molecule is COCCNC(=O)CN1C[C@@H](C)C[C@H](C)C1. The van der Waals surface area contributed by atoms with Crippen molar-refractivity contribution >= 4 is 5.91 Å². The molecule has 1 heterocycles. The lowest BCUT2D eigenvalue weighted by molar-refractivity contribution is -0.123. The van der Waals surface area contributed by atoms with Gasteiger partial charge in [-0.1, -0.05) is 13.8 Å². The van der Waals surface area contributed by atoms with Crippen molar-refractivity contribution in [1.29, 1.82) is 0 Å². The van der Waals surface area contributed by atoms with E-state index in [0.717, 1.165) is 13.1 Å². The molecule has 0 unspecified atom stereocenters. The zero-order valence-corrected chi connectivity index (χ0v) is 10.7. The van der Waals surface area contributed by atoms with Crippen LogP contribution in [-0.2, 0) is 9.53 Å². The maximum Gasteiger partial charge on any atom is 0.234 e. The molecule has 0 aromatic heterocycles. The van der Waals surface area contributed by atoms with Crippen molar-refractivity contribution in [3.05, 3.63) is 0 Å². The molecule has 0 spiro atoms. The summed E-state index contributed by atoms with van der Waals surface area (Å²) in [4.78, 5) is 13.8. The van der Waals surface area contributed by atoms with Crippen LogP contribution in [0.3, 0.4) is 0 Å². The van der Waals surface area contributed by atoms with E-state index >= 15 is 0 Å². The van der Waals surface area contributed by atoms with Crippen LogP contribution >= 0.6 is 0 Å². The largest absolute Gasteiger partial charge is 0.383 e. The molecule has 1 N–H and O–H groups in total. The third kappa shape index (κ3) is 4.94. The lowest BCUT2D eigenvalue weighted by Crippen LogP contribution is -2.45. The third-order valence-electron chi connectivity index (χ3n) is 2.94. The van der Waals surface area contributed by atoms with Crippen LogP contribution in [0, 0.1) is 11.8 Å². The van der Waals surface area contributed by atoms with Gasteiger partial charge in [0.2, 0.25) is 5.91 Å². The van der Waals surface area contributed by atoms with Crippen molar-refractivity contribution in [2.45, 2.75) is 20.3 Å². The molecule has 1 aliphatic rings. The van der Waals surface area contributed by atoms with Gasteiger partial charge >= 0.3 is 0 Å². The number of ether oxygens (including phenoxy) is 1. The van der Waals surface area contributed by atoms with Crippen LogP contribution in [0.15, 0.2) is 0 Å². The van der Waals surface area contributed by atoms with Crippen molar-refractivity contribution in [2.24, 2.45) is 11.8 Å². The Balaban J connectivity index is 2.22. The number of nitrogens with one attached hydrogen (secondary N) is 1. The molecule has 0 bridgehead atoms. The summed E-state index contributed by atoms with van der Waals surface area (Å²) < 4.78 is 4.89. The average Bonchev–Trinajstić information content (AvgIpc) is 2.16. The maximum absolute atomic E-state index is 11.6. The Morgan fingerprint density at radius 2 is 2.00 bits per heavy atom. The highest BCUT2D eigenvalue weighted by Crippen LogP contribution is 2.20. The summed E-state index contributed by atoms with van der Waals surface area (Å²) >= 11 is 0. The first-order chi connectivity index (χ1) is 7.61. The highest BCUT2D eigenvalue weighted by Gasteiger charge is 2.22. The number of amides is 1. The zero-order valence-electron chi connectivity index (χ0n) is 10.7. The van der Waals surface area contributed by atoms with Crippen molar-refractivity contribution < 1.29 is 9.53 Å². The second-order valence-corrected chi connectivity index (χ2v) is 4.98. The van der Waals surface area contributed by atoms with E-state index in [1.54, 1.807) is 7.11 Å². The van der Waals surface area contributed by atoms with E-state index in [9.17, 15) is 4.79 Å². The number of carbonyl (C=O) groups is 1. The van der Waals surface area contributed by atoms with Crippen LogP contribution in [0.5, 0.6) is 0 Å². The number of likely N-dealkylation sites (tertiary alicyclic amines) is 1. The van der Waals surface area contributed by atoms with Gasteiger partial charge in [0, 0.05) is 26.7 Å². The van der Waals surface area contributed by atoms with Crippen LogP contribution in [0.25, 0.3) is 0 Å². The average molecular weight is 228 g/mol. The Morgan fingerprint density at radius 3 is 2.56 bits per heavy atom. The molecule has 94 valence electrons. The summed E-state index contributed by atoms with van der Waals surface area (Å²) in [5.41, 5.74) is 0. The van der Waals surface area contributed by atoms with Gasteiger partial charge in [0.1, 0.15) is 0 Å². The van der Waals surface area contributed by atoms with Gasteiger partial charge in [0.15, 0.2) is 0 Å². The molecule has 16 heavy (non-hydrogen) atoms. The van der Waals surface area contributed by atoms with E-state index in [1.165, 1.54) is 6.42 Å². The van der Waals surface area contributed by atoms with Crippen LogP contribution < -0.4 is 5.32 Å². The topological polar surface area (TPSA) is 41.6 Å². The fraction of sp³-hybridized carbons (Fsp3) is 0.917. The van der Waals surface area contributed by atoms with Gasteiger partial charge in [-0.15, -0.1) is 0 Å². The number of hydrogen-bond acceptors (Lipinski definition) is 3. The van der Waals surface area contributed by atoms with Crippen molar-refractivity contribution in [3.63, 3.8) is 0 Å². The molecular formula is C12H24N2O2. The predicted molar refractivity (Wildman–Crippen MR) is 64.3 cm³/mol. The summed E-state index contributed by atoms with van der Waals surface area (Å²) in [6.07, 6.45) is 1.28. The Kier molecular flexibility index (Phi) is 5.77. The Morgan fingerprint density at radius 1 is 1.38 bits per heavy atom. The highest BCUT2D eigenvalue weighted by molar-refractivity contribution is 5.77. The molecule has 1 rings (SSSR count). The summed E-state index contributed by atoms with van der Waals surface area (Å²) in [6.45, 7) is 8.31. The van der Waals surface area contributed by atoms with Gasteiger partial charge in [-0.3, -0.25) is 9.69 Å². The molecule has 0 aromatic carbocycles. The second kappa shape index (κ2) is 6.86. The lowest BCUT2D eigenvalue weighted by Gasteiger charge is -2.34. The molecule has 0 aromatic rings. The Hall–Kier alpha value is -0.610. The summed E-state index contributed by atoms with van der Waals surface area (Å²) in [5.74, 6) is 1.52. The van der Waals surface area contributed by atoms with E-state index in [2.05, 4.69) is 24.1 Å². The number of carbonyl (C=O) groups excluding carboxylic acids is 1. The molecule has 1 aliphatic heterocycles. The molecule has 4 heteroatoms. The lowest BCUT2D eigenvalue weighted by atomic mass is 9.92. The molecule has 0 aliphatic carbocycles. The van der Waals surface area contributed by atoms with Crippen molar-refractivity contribution in [1.82, 2.24) is 10.2 Å². The molecule has 2 atom stereocenters. The molecular weight excluding hydrogens is 204 g/mol. The van der Waals surface area contributed by atoms with Crippen LogP contribution in [-0.4, -0.2) is 50.7 Å². The fourth-order valence-corrected chi connectivity index (χ4v) is 2.47. The maximum atomic E-state index is 11.6. The predicted octanol–water partition coefficient (Wildman–Crippen LogP) is 0.727. The minimum Gasteiger partial charge on any atom is -0.383 e. The van der Waals surface area contributed by atoms with Crippen molar-refractivity contribution in [3.8, 4) is 0 Å². The van der Waals surface area contributed by atoms with E-state index in [1.807, 2.05) is 0 Å². The van der Waals surface area contributed by atoms with Gasteiger partial charge in [-0.05, 0) is 18.3 Å². The standard InChI is InChI=1S/C12H24N2O2/c1-10-6-11(2)8-14(7-10)9-12(15)13-4-5-16-3/h10-11H,4-9H2,1-3H3,(H,13,15)/t10-,11-/m0/s1. The van der Waals surface area contributed by atoms with Crippen LogP contribution in [0.2, 0.25) is 0 Å². The van der Waals surface area contributed by atoms with E-state index < -0.39 is 0 Å². The summed E-state index contributed by atoms with van der Waals surface area (Å²) in [6, 6.07) is 0. The first-order valence-electron chi connectivity index (χ1n) is 6.09. The van der Waals surface area contributed by atoms with Crippen LogP contribution in [0.1, 0.15) is 20.3 Å². The van der Waals surface area contributed by atoms with E-state index in [4.69, 9.17) is 4.74 Å². The smallest absolute Gasteiger partial charge is 0.234 e. The van der Waals surface area contributed by atoms with Crippen LogP contribution in [0.4, 0.5) is 0 Å². The molecule has 1 fully saturated rings. The zero-order chi connectivity index (χ0) is 12.0. The van der Waals surface area contributed by atoms with Crippen molar-refractivity contribution in [2.75, 3.05) is 39.9 Å². The van der Waals surface area contributed by atoms with Gasteiger partial charge in [-0.25, -0.2) is 0 Å². The molecule has 0 saturated carbocycles. The number of hydrogen-bond donors (Lipinski definition) is 1. The molecule has 4 nitrogen and oxygen atoms in total. The first kappa shape index (κ1) is 13.5. The third-order valence-corrected chi connectivity index (χ3v) is 2.94. The monoisotopic (exact) mass is 228 g/mol. The molecule has 1 saturated heterocycles. The number of piperidine rings is 1. The minimum atomic E-state index is 0.110. The number of nitrogens with zero attached hydrogens (tertiary/aromatic N) is 1. The van der Waals surface area contributed by atoms with Gasteiger partial charge in [0.05, 0.1) is 13.2 Å². The fourth-order valence-electron chi connectivity index (χ4n) is 2.47. The number of methoxy groups -OCH3 is 1. The second-order valence-electron chi connectivity index (χ2n) is 4.98. The Labute approximate surface area is 98.3 Å². The van der Waals surface area contributed by atoms with E-state index in [0.29, 0.717) is 31.5 Å². The Bertz CT molecular complexity index is 211. The molecule has 1 amide bonds. The minimum absolute atomic E-state index is 0.110.